The molecule has 1 aliphatic heterocycles. The van der Waals surface area contributed by atoms with Crippen LogP contribution in [-0.4, -0.2) is 20.2 Å². The predicted molar refractivity (Wildman–Crippen MR) is 125 cm³/mol. The summed E-state index contributed by atoms with van der Waals surface area (Å²) >= 11 is 6.20. The molecule has 2 amide bonds. The van der Waals surface area contributed by atoms with Crippen LogP contribution in [0.15, 0.2) is 65.6 Å². The molecule has 0 bridgehead atoms. The molecular weight excluding hydrogens is 450 g/mol. The number of benzene rings is 3. The van der Waals surface area contributed by atoms with Crippen molar-refractivity contribution in [2.75, 3.05) is 15.4 Å². The highest BCUT2D eigenvalue weighted by molar-refractivity contribution is 7.92. The molecule has 0 spiro atoms. The summed E-state index contributed by atoms with van der Waals surface area (Å²) < 4.78 is 28.2. The number of hydrogen-bond donors (Lipinski definition) is 3. The van der Waals surface area contributed by atoms with Gasteiger partial charge in [-0.25, -0.2) is 8.42 Å². The van der Waals surface area contributed by atoms with Crippen LogP contribution in [0.4, 0.5) is 17.1 Å². The summed E-state index contributed by atoms with van der Waals surface area (Å²) in [7, 11) is -3.92. The van der Waals surface area contributed by atoms with Crippen molar-refractivity contribution in [3.8, 4) is 0 Å². The Hall–Kier alpha value is -3.36. The summed E-state index contributed by atoms with van der Waals surface area (Å²) in [6.07, 6.45) is 0.952. The van der Waals surface area contributed by atoms with E-state index >= 15 is 0 Å². The van der Waals surface area contributed by atoms with Crippen molar-refractivity contribution in [3.63, 3.8) is 0 Å². The van der Waals surface area contributed by atoms with Gasteiger partial charge < -0.3 is 10.6 Å². The van der Waals surface area contributed by atoms with Crippen LogP contribution in [-0.2, 0) is 21.2 Å². The van der Waals surface area contributed by atoms with Gasteiger partial charge in [-0.3, -0.25) is 14.3 Å². The second-order valence-corrected chi connectivity index (χ2v) is 9.58. The van der Waals surface area contributed by atoms with Crippen molar-refractivity contribution >= 4 is 50.5 Å². The third-order valence-corrected chi connectivity index (χ3v) is 6.73. The number of nitrogens with one attached hydrogen (secondary N) is 3. The van der Waals surface area contributed by atoms with Crippen LogP contribution < -0.4 is 15.4 Å². The minimum atomic E-state index is -3.92. The molecule has 7 nitrogen and oxygen atoms in total. The number of amides is 2. The van der Waals surface area contributed by atoms with Crippen LogP contribution in [0, 0.1) is 6.92 Å². The van der Waals surface area contributed by atoms with E-state index < -0.39 is 15.9 Å². The number of aryl methyl sites for hydroxylation is 2. The highest BCUT2D eigenvalue weighted by Gasteiger charge is 2.20. The van der Waals surface area contributed by atoms with Gasteiger partial charge in [-0.1, -0.05) is 23.7 Å². The van der Waals surface area contributed by atoms with Gasteiger partial charge in [0.2, 0.25) is 5.91 Å². The summed E-state index contributed by atoms with van der Waals surface area (Å²) in [5, 5.41) is 5.65. The number of anilines is 3. The van der Waals surface area contributed by atoms with Gasteiger partial charge in [-0.2, -0.15) is 0 Å². The molecule has 3 N–H and O–H groups in total. The van der Waals surface area contributed by atoms with Crippen molar-refractivity contribution in [2.45, 2.75) is 24.7 Å². The average Bonchev–Trinajstić information content (AvgIpc) is 2.73. The van der Waals surface area contributed by atoms with E-state index in [4.69, 9.17) is 11.6 Å². The second-order valence-electron chi connectivity index (χ2n) is 7.49. The van der Waals surface area contributed by atoms with Gasteiger partial charge >= 0.3 is 0 Å². The molecule has 3 aromatic rings. The first-order valence-corrected chi connectivity index (χ1v) is 11.7. The van der Waals surface area contributed by atoms with E-state index in [1.165, 1.54) is 18.2 Å². The Morgan fingerprint density at radius 3 is 2.59 bits per heavy atom. The quantitative estimate of drug-likeness (QED) is 0.508. The summed E-state index contributed by atoms with van der Waals surface area (Å²) in [4.78, 5) is 24.3. The smallest absolute Gasteiger partial charge is 0.261 e. The lowest BCUT2D eigenvalue weighted by Crippen LogP contribution is -2.20. The summed E-state index contributed by atoms with van der Waals surface area (Å²) in [6, 6.07) is 16.1. The van der Waals surface area contributed by atoms with Crippen LogP contribution in [0.25, 0.3) is 0 Å². The van der Waals surface area contributed by atoms with Gasteiger partial charge in [-0.15, -0.1) is 0 Å². The topological polar surface area (TPSA) is 104 Å². The lowest BCUT2D eigenvalue weighted by Gasteiger charge is -2.18. The number of halogens is 1. The van der Waals surface area contributed by atoms with E-state index in [0.717, 1.165) is 11.1 Å². The van der Waals surface area contributed by atoms with Crippen LogP contribution in [0.2, 0.25) is 5.02 Å². The highest BCUT2D eigenvalue weighted by Crippen LogP contribution is 2.27. The number of fused-ring (bicyclic) bond motifs is 1. The van der Waals surface area contributed by atoms with E-state index in [2.05, 4.69) is 15.4 Å². The standard InChI is InChI=1S/C23H20ClN3O4S/c1-14-3-2-4-17(11-14)27-32(30,31)18-7-8-20(24)19(13-18)23(29)25-16-6-9-21-15(12-16)5-10-22(28)26-21/h2-4,6-9,11-13,27H,5,10H2,1H3,(H,25,29)(H,26,28). The van der Waals surface area contributed by atoms with E-state index in [9.17, 15) is 18.0 Å². The van der Waals surface area contributed by atoms with Gasteiger partial charge in [0.1, 0.15) is 0 Å². The average molecular weight is 470 g/mol. The molecule has 0 saturated carbocycles. The number of rotatable bonds is 5. The molecule has 0 saturated heterocycles. The van der Waals surface area contributed by atoms with Gasteiger partial charge in [0.15, 0.2) is 0 Å². The Morgan fingerprint density at radius 2 is 1.81 bits per heavy atom. The fraction of sp³-hybridized carbons (Fsp3) is 0.130. The molecule has 9 heteroatoms. The predicted octanol–water partition coefficient (Wildman–Crippen LogP) is 4.59. The minimum absolute atomic E-state index is 0.0322. The zero-order chi connectivity index (χ0) is 22.9. The third-order valence-electron chi connectivity index (χ3n) is 5.02. The molecule has 164 valence electrons. The Kier molecular flexibility index (Phi) is 5.90. The molecule has 0 aromatic heterocycles. The molecule has 1 aliphatic rings. The molecule has 0 atom stereocenters. The van der Waals surface area contributed by atoms with Crippen molar-refractivity contribution in [1.29, 1.82) is 0 Å². The molecule has 3 aromatic carbocycles. The SMILES string of the molecule is Cc1cccc(NS(=O)(=O)c2ccc(Cl)c(C(=O)Nc3ccc4c(c3)CCC(=O)N4)c2)c1. The summed E-state index contributed by atoms with van der Waals surface area (Å²) in [5.74, 6) is -0.583. The van der Waals surface area contributed by atoms with E-state index in [-0.39, 0.29) is 21.4 Å². The molecular formula is C23H20ClN3O4S. The molecule has 0 aliphatic carbocycles. The Labute approximate surface area is 190 Å². The maximum Gasteiger partial charge on any atom is 0.261 e. The van der Waals surface area contributed by atoms with Crippen molar-refractivity contribution in [2.24, 2.45) is 0 Å². The molecule has 0 fully saturated rings. The van der Waals surface area contributed by atoms with Crippen LogP contribution in [0.1, 0.15) is 27.9 Å². The van der Waals surface area contributed by atoms with Crippen molar-refractivity contribution in [3.05, 3.63) is 82.4 Å². The Morgan fingerprint density at radius 1 is 1.00 bits per heavy atom. The van der Waals surface area contributed by atoms with Crippen LogP contribution in [0.3, 0.4) is 0 Å². The summed E-state index contributed by atoms with van der Waals surface area (Å²) in [6.45, 7) is 1.86. The van der Waals surface area contributed by atoms with Crippen LogP contribution >= 0.6 is 11.6 Å². The molecule has 4 rings (SSSR count). The van der Waals surface area contributed by atoms with Gasteiger partial charge in [0.25, 0.3) is 15.9 Å². The van der Waals surface area contributed by atoms with Gasteiger partial charge in [0, 0.05) is 23.5 Å². The zero-order valence-electron chi connectivity index (χ0n) is 17.1. The molecule has 32 heavy (non-hydrogen) atoms. The normalized spacial score (nSPS) is 13.1. The fourth-order valence-corrected chi connectivity index (χ4v) is 4.71. The van der Waals surface area contributed by atoms with Crippen molar-refractivity contribution < 1.29 is 18.0 Å². The first-order valence-electron chi connectivity index (χ1n) is 9.84. The maximum absolute atomic E-state index is 12.9. The minimum Gasteiger partial charge on any atom is -0.326 e. The Bertz CT molecular complexity index is 1340. The van der Waals surface area contributed by atoms with Gasteiger partial charge in [0.05, 0.1) is 15.5 Å². The van der Waals surface area contributed by atoms with E-state index in [1.54, 1.807) is 36.4 Å². The second kappa shape index (κ2) is 8.64. The van der Waals surface area contributed by atoms with E-state index in [1.807, 2.05) is 13.0 Å². The van der Waals surface area contributed by atoms with Crippen LogP contribution in [0.5, 0.6) is 0 Å². The first-order chi connectivity index (χ1) is 15.2. The monoisotopic (exact) mass is 469 g/mol. The fourth-order valence-electron chi connectivity index (χ4n) is 3.43. The third kappa shape index (κ3) is 4.76. The molecule has 0 radical (unpaired) electrons. The number of carbonyl (C=O) groups excluding carboxylic acids is 2. The largest absolute Gasteiger partial charge is 0.326 e. The molecule has 1 heterocycles. The molecule has 0 unspecified atom stereocenters. The maximum atomic E-state index is 12.9. The lowest BCUT2D eigenvalue weighted by atomic mass is 10.0. The summed E-state index contributed by atoms with van der Waals surface area (Å²) in [5.41, 5.74) is 3.51. The number of hydrogen-bond acceptors (Lipinski definition) is 4. The first kappa shape index (κ1) is 21.9. The number of carbonyl (C=O) groups is 2. The van der Waals surface area contributed by atoms with Gasteiger partial charge in [-0.05, 0) is 73.0 Å². The zero-order valence-corrected chi connectivity index (χ0v) is 18.7. The lowest BCUT2D eigenvalue weighted by molar-refractivity contribution is -0.116. The number of sulfonamides is 1. The van der Waals surface area contributed by atoms with E-state index in [0.29, 0.717) is 29.9 Å². The van der Waals surface area contributed by atoms with Crippen molar-refractivity contribution in [1.82, 2.24) is 0 Å². The highest BCUT2D eigenvalue weighted by atomic mass is 35.5. The Balaban J connectivity index is 1.57.